The van der Waals surface area contributed by atoms with E-state index in [4.69, 9.17) is 16.3 Å². The van der Waals surface area contributed by atoms with Crippen molar-refractivity contribution in [1.29, 1.82) is 0 Å². The van der Waals surface area contributed by atoms with Gasteiger partial charge >= 0.3 is 0 Å². The van der Waals surface area contributed by atoms with Crippen LogP contribution in [0.25, 0.3) is 0 Å². The summed E-state index contributed by atoms with van der Waals surface area (Å²) in [7, 11) is -4.23. The van der Waals surface area contributed by atoms with Gasteiger partial charge in [-0.2, -0.15) is 0 Å². The Morgan fingerprint density at radius 1 is 0.925 bits per heavy atom. The van der Waals surface area contributed by atoms with E-state index < -0.39 is 28.5 Å². The third-order valence-electron chi connectivity index (χ3n) is 6.25. The molecule has 0 spiro atoms. The average molecular weight is 586 g/mol. The van der Waals surface area contributed by atoms with Gasteiger partial charge in [-0.3, -0.25) is 13.9 Å². The predicted molar refractivity (Wildman–Crippen MR) is 158 cm³/mol. The number of ether oxygens (including phenoxy) is 1. The number of para-hydroxylation sites is 2. The number of hydrogen-bond acceptors (Lipinski definition) is 5. The Kier molecular flexibility index (Phi) is 11.4. The minimum atomic E-state index is -4.23. The smallest absolute Gasteiger partial charge is 0.264 e. The number of amides is 2. The Morgan fingerprint density at radius 2 is 1.57 bits per heavy atom. The van der Waals surface area contributed by atoms with Crippen LogP contribution in [-0.2, 0) is 26.2 Å². The molecule has 1 unspecified atom stereocenters. The largest absolute Gasteiger partial charge is 0.492 e. The molecule has 1 N–H and O–H groups in total. The first-order chi connectivity index (χ1) is 19.2. The van der Waals surface area contributed by atoms with Crippen molar-refractivity contribution < 1.29 is 22.7 Å². The van der Waals surface area contributed by atoms with Gasteiger partial charge in [0.2, 0.25) is 11.8 Å². The molecule has 0 fully saturated rings. The fourth-order valence-electron chi connectivity index (χ4n) is 4.25. The summed E-state index contributed by atoms with van der Waals surface area (Å²) in [6.07, 6.45) is 1.10. The molecule has 0 heterocycles. The number of anilines is 1. The minimum absolute atomic E-state index is 0.0293. The summed E-state index contributed by atoms with van der Waals surface area (Å²) in [6.45, 7) is 5.94. The number of nitrogens with one attached hydrogen (secondary N) is 1. The second kappa shape index (κ2) is 14.7. The summed E-state index contributed by atoms with van der Waals surface area (Å²) >= 11 is 6.02. The molecule has 10 heteroatoms. The van der Waals surface area contributed by atoms with E-state index in [9.17, 15) is 18.0 Å². The molecule has 3 rings (SSSR count). The van der Waals surface area contributed by atoms with Gasteiger partial charge in [0.1, 0.15) is 18.3 Å². The van der Waals surface area contributed by atoms with Gasteiger partial charge < -0.3 is 15.0 Å². The molecule has 0 aromatic heterocycles. The monoisotopic (exact) mass is 585 g/mol. The van der Waals surface area contributed by atoms with Crippen LogP contribution >= 0.6 is 11.6 Å². The maximum absolute atomic E-state index is 14.1. The van der Waals surface area contributed by atoms with Gasteiger partial charge in [0, 0.05) is 18.1 Å². The van der Waals surface area contributed by atoms with Crippen LogP contribution in [0.15, 0.2) is 83.8 Å². The molecule has 0 bridgehead atoms. The number of rotatable bonds is 14. The first-order valence-electron chi connectivity index (χ1n) is 13.3. The number of halogens is 1. The summed E-state index contributed by atoms with van der Waals surface area (Å²) in [5.74, 6) is -0.487. The van der Waals surface area contributed by atoms with E-state index in [1.54, 1.807) is 31.2 Å². The van der Waals surface area contributed by atoms with E-state index in [-0.39, 0.29) is 23.0 Å². The second-order valence-corrected chi connectivity index (χ2v) is 11.4. The molecule has 2 amide bonds. The quantitative estimate of drug-likeness (QED) is 0.278. The molecule has 0 aliphatic heterocycles. The molecular weight excluding hydrogens is 550 g/mol. The lowest BCUT2D eigenvalue weighted by atomic mass is 10.1. The fourth-order valence-corrected chi connectivity index (χ4v) is 5.80. The Balaban J connectivity index is 2.09. The van der Waals surface area contributed by atoms with Crippen molar-refractivity contribution in [3.8, 4) is 5.75 Å². The Hall–Kier alpha value is -3.56. The van der Waals surface area contributed by atoms with Gasteiger partial charge in [-0.25, -0.2) is 8.42 Å². The highest BCUT2D eigenvalue weighted by Gasteiger charge is 2.34. The van der Waals surface area contributed by atoms with Crippen LogP contribution in [0.1, 0.15) is 39.2 Å². The third kappa shape index (κ3) is 7.76. The highest BCUT2D eigenvalue weighted by molar-refractivity contribution is 7.92. The van der Waals surface area contributed by atoms with Gasteiger partial charge in [-0.1, -0.05) is 67.9 Å². The topological polar surface area (TPSA) is 96.0 Å². The van der Waals surface area contributed by atoms with Crippen molar-refractivity contribution >= 4 is 39.1 Å². The van der Waals surface area contributed by atoms with E-state index in [0.717, 1.165) is 16.3 Å². The molecular formula is C30H36ClN3O5S. The van der Waals surface area contributed by atoms with Crippen molar-refractivity contribution in [2.24, 2.45) is 0 Å². The maximum atomic E-state index is 14.1. The van der Waals surface area contributed by atoms with Crippen LogP contribution < -0.4 is 14.4 Å². The molecule has 1 atom stereocenters. The van der Waals surface area contributed by atoms with Crippen LogP contribution in [0.2, 0.25) is 5.02 Å². The van der Waals surface area contributed by atoms with Crippen LogP contribution in [0, 0.1) is 0 Å². The number of nitrogens with zero attached hydrogens (tertiary/aromatic N) is 2. The summed E-state index contributed by atoms with van der Waals surface area (Å²) < 4.78 is 34.8. The summed E-state index contributed by atoms with van der Waals surface area (Å²) in [5, 5.41) is 3.26. The molecule has 40 heavy (non-hydrogen) atoms. The van der Waals surface area contributed by atoms with Gasteiger partial charge in [0.15, 0.2) is 0 Å². The number of sulfonamides is 1. The molecule has 8 nitrogen and oxygen atoms in total. The van der Waals surface area contributed by atoms with E-state index >= 15 is 0 Å². The van der Waals surface area contributed by atoms with Gasteiger partial charge in [0.25, 0.3) is 10.0 Å². The standard InChI is InChI=1S/C30H36ClN3O5S/c1-4-20-32-30(36)26(5-2)33(21-23-12-8-7-9-13-23)29(35)22-34(27-14-10-11-15-28(27)39-6-3)40(37,38)25-18-16-24(31)17-19-25/h7-19,26H,4-6,20-22H2,1-3H3,(H,32,36). The molecule has 0 aliphatic carbocycles. The van der Waals surface area contributed by atoms with Crippen LogP contribution in [0.5, 0.6) is 5.75 Å². The molecule has 3 aromatic rings. The normalized spacial score (nSPS) is 11.9. The summed E-state index contributed by atoms with van der Waals surface area (Å²) in [6, 6.07) is 20.9. The van der Waals surface area contributed by atoms with Crippen LogP contribution in [-0.4, -0.2) is 50.9 Å². The Morgan fingerprint density at radius 3 is 2.20 bits per heavy atom. The zero-order valence-corrected chi connectivity index (χ0v) is 24.6. The Labute approximate surface area is 241 Å². The highest BCUT2D eigenvalue weighted by Crippen LogP contribution is 2.33. The number of hydrogen-bond donors (Lipinski definition) is 1. The second-order valence-electron chi connectivity index (χ2n) is 9.09. The number of carbonyl (C=O) groups excluding carboxylic acids is 2. The summed E-state index contributed by atoms with van der Waals surface area (Å²) in [4.78, 5) is 28.7. The predicted octanol–water partition coefficient (Wildman–Crippen LogP) is 5.27. The summed E-state index contributed by atoms with van der Waals surface area (Å²) in [5.41, 5.74) is 1.04. The van der Waals surface area contributed by atoms with Crippen molar-refractivity contribution in [1.82, 2.24) is 10.2 Å². The first-order valence-corrected chi connectivity index (χ1v) is 15.2. The molecule has 214 valence electrons. The lowest BCUT2D eigenvalue weighted by Gasteiger charge is -2.33. The van der Waals surface area contributed by atoms with E-state index in [1.165, 1.54) is 29.2 Å². The Bertz CT molecular complexity index is 1370. The van der Waals surface area contributed by atoms with Crippen molar-refractivity contribution in [2.75, 3.05) is 24.0 Å². The fraction of sp³-hybridized carbons (Fsp3) is 0.333. The van der Waals surface area contributed by atoms with Gasteiger partial charge in [0.05, 0.1) is 17.2 Å². The van der Waals surface area contributed by atoms with Gasteiger partial charge in [-0.05, 0) is 61.7 Å². The lowest BCUT2D eigenvalue weighted by molar-refractivity contribution is -0.140. The average Bonchev–Trinajstić information content (AvgIpc) is 2.96. The molecule has 0 saturated carbocycles. The zero-order chi connectivity index (χ0) is 29.1. The SMILES string of the molecule is CCCNC(=O)C(CC)N(Cc1ccccc1)C(=O)CN(c1ccccc1OCC)S(=O)(=O)c1ccc(Cl)cc1. The van der Waals surface area contributed by atoms with Crippen molar-refractivity contribution in [3.63, 3.8) is 0 Å². The van der Waals surface area contributed by atoms with Crippen LogP contribution in [0.3, 0.4) is 0 Å². The lowest BCUT2D eigenvalue weighted by Crippen LogP contribution is -2.52. The third-order valence-corrected chi connectivity index (χ3v) is 8.27. The van der Waals surface area contributed by atoms with Gasteiger partial charge in [-0.15, -0.1) is 0 Å². The maximum Gasteiger partial charge on any atom is 0.264 e. The zero-order valence-electron chi connectivity index (χ0n) is 23.0. The highest BCUT2D eigenvalue weighted by atomic mass is 35.5. The van der Waals surface area contributed by atoms with E-state index in [0.29, 0.717) is 30.3 Å². The first kappa shape index (κ1) is 31.0. The van der Waals surface area contributed by atoms with Crippen LogP contribution in [0.4, 0.5) is 5.69 Å². The minimum Gasteiger partial charge on any atom is -0.492 e. The van der Waals surface area contributed by atoms with E-state index in [2.05, 4.69) is 5.32 Å². The number of carbonyl (C=O) groups is 2. The molecule has 3 aromatic carbocycles. The number of benzene rings is 3. The van der Waals surface area contributed by atoms with Crippen molar-refractivity contribution in [2.45, 2.75) is 51.1 Å². The van der Waals surface area contributed by atoms with E-state index in [1.807, 2.05) is 44.2 Å². The van der Waals surface area contributed by atoms with Crippen molar-refractivity contribution in [3.05, 3.63) is 89.4 Å². The molecule has 0 radical (unpaired) electrons. The molecule has 0 saturated heterocycles. The molecule has 0 aliphatic rings.